The van der Waals surface area contributed by atoms with Crippen molar-refractivity contribution in [2.45, 2.75) is 24.2 Å². The van der Waals surface area contributed by atoms with Gasteiger partial charge in [-0.15, -0.1) is 0 Å². The molecule has 2 aromatic carbocycles. The zero-order valence-electron chi connectivity index (χ0n) is 15.0. The van der Waals surface area contributed by atoms with Crippen molar-refractivity contribution in [1.82, 2.24) is 5.32 Å². The lowest BCUT2D eigenvalue weighted by Crippen LogP contribution is -2.15. The fourth-order valence-electron chi connectivity index (χ4n) is 3.28. The van der Waals surface area contributed by atoms with Gasteiger partial charge in [-0.2, -0.15) is 0 Å². The molecular weight excluding hydrogens is 384 g/mol. The Kier molecular flexibility index (Phi) is 4.46. The Hall–Kier alpha value is -3.07. The molecule has 2 heterocycles. The molecule has 0 saturated carbocycles. The van der Waals surface area contributed by atoms with Crippen molar-refractivity contribution >= 4 is 27.4 Å². The molecule has 1 amide bonds. The van der Waals surface area contributed by atoms with E-state index >= 15 is 0 Å². The normalized spacial score (nSPS) is 18.0. The highest BCUT2D eigenvalue weighted by Gasteiger charge is 2.25. The van der Waals surface area contributed by atoms with Crippen LogP contribution in [0.3, 0.4) is 0 Å². The quantitative estimate of drug-likeness (QED) is 0.741. The molecule has 2 aliphatic rings. The molecule has 4 rings (SSSR count). The summed E-state index contributed by atoms with van der Waals surface area (Å²) in [5.41, 5.74) is 1.22. The summed E-state index contributed by atoms with van der Waals surface area (Å²) in [6, 6.07) is 9.29. The Morgan fingerprint density at radius 2 is 1.82 bits per heavy atom. The third kappa shape index (κ3) is 3.40. The largest absolute Gasteiger partial charge is 0.454 e. The zero-order chi connectivity index (χ0) is 19.9. The van der Waals surface area contributed by atoms with Gasteiger partial charge in [-0.1, -0.05) is 12.1 Å². The summed E-state index contributed by atoms with van der Waals surface area (Å²) in [7, 11) is -3.92. The molecule has 146 valence electrons. The fraction of sp³-hybridized carbons (Fsp3) is 0.263. The summed E-state index contributed by atoms with van der Waals surface area (Å²) in [6.07, 6.45) is 0.392. The molecule has 1 fully saturated rings. The van der Waals surface area contributed by atoms with Gasteiger partial charge in [0.05, 0.1) is 10.6 Å². The molecule has 0 spiro atoms. The van der Waals surface area contributed by atoms with Gasteiger partial charge >= 0.3 is 0 Å². The first-order chi connectivity index (χ1) is 13.3. The number of ketones is 1. The average molecular weight is 402 g/mol. The molecule has 28 heavy (non-hydrogen) atoms. The second kappa shape index (κ2) is 6.83. The highest BCUT2D eigenvalue weighted by atomic mass is 32.2. The lowest BCUT2D eigenvalue weighted by molar-refractivity contribution is -0.119. The number of benzene rings is 2. The van der Waals surface area contributed by atoms with E-state index in [0.717, 1.165) is 5.56 Å². The summed E-state index contributed by atoms with van der Waals surface area (Å²) in [4.78, 5) is 23.4. The van der Waals surface area contributed by atoms with Crippen LogP contribution in [0.1, 0.15) is 35.2 Å². The van der Waals surface area contributed by atoms with Crippen LogP contribution in [0.15, 0.2) is 41.3 Å². The van der Waals surface area contributed by atoms with E-state index in [0.29, 0.717) is 24.5 Å². The van der Waals surface area contributed by atoms with Crippen molar-refractivity contribution in [2.24, 2.45) is 0 Å². The number of nitrogens with one attached hydrogen (secondary N) is 2. The highest BCUT2D eigenvalue weighted by molar-refractivity contribution is 7.92. The van der Waals surface area contributed by atoms with E-state index < -0.39 is 10.0 Å². The maximum absolute atomic E-state index is 12.8. The molecule has 8 nitrogen and oxygen atoms in total. The maximum Gasteiger partial charge on any atom is 0.261 e. The van der Waals surface area contributed by atoms with E-state index in [1.165, 1.54) is 31.2 Å². The van der Waals surface area contributed by atoms with E-state index in [9.17, 15) is 18.0 Å². The molecule has 2 aromatic rings. The molecular formula is C19H18N2O6S. The summed E-state index contributed by atoms with van der Waals surface area (Å²) in [6.45, 7) is 1.91. The number of rotatable bonds is 5. The molecule has 0 radical (unpaired) electrons. The summed E-state index contributed by atoms with van der Waals surface area (Å²) in [5.74, 6) is 0.497. The summed E-state index contributed by atoms with van der Waals surface area (Å²) in [5, 5.41) is 2.76. The number of amides is 1. The minimum absolute atomic E-state index is 0.0112. The number of hydrogen-bond acceptors (Lipinski definition) is 6. The van der Waals surface area contributed by atoms with Gasteiger partial charge in [0.15, 0.2) is 17.3 Å². The number of carbonyl (C=O) groups excluding carboxylic acids is 2. The van der Waals surface area contributed by atoms with Gasteiger partial charge in [0.25, 0.3) is 10.0 Å². The minimum Gasteiger partial charge on any atom is -0.454 e. The van der Waals surface area contributed by atoms with Gasteiger partial charge in [0.2, 0.25) is 12.7 Å². The van der Waals surface area contributed by atoms with Crippen molar-refractivity contribution in [3.05, 3.63) is 47.5 Å². The Bertz CT molecular complexity index is 1060. The number of hydrogen-bond donors (Lipinski definition) is 2. The lowest BCUT2D eigenvalue weighted by Gasteiger charge is -2.13. The number of Topliss-reactive ketones (excluding diaryl/α,β-unsaturated/α-hetero) is 1. The average Bonchev–Trinajstić information content (AvgIpc) is 3.29. The van der Waals surface area contributed by atoms with Crippen LogP contribution in [0.5, 0.6) is 11.5 Å². The Balaban J connectivity index is 1.61. The van der Waals surface area contributed by atoms with E-state index in [4.69, 9.17) is 9.47 Å². The van der Waals surface area contributed by atoms with Crippen LogP contribution < -0.4 is 19.5 Å². The number of sulfonamides is 1. The monoisotopic (exact) mass is 402 g/mol. The SMILES string of the molecule is CC(=O)c1cc2c(cc1NS(=O)(=O)c1ccc([C@@H]3CNC(=O)C3)cc1)OCO2. The number of carbonyl (C=O) groups is 2. The molecule has 0 aliphatic carbocycles. The van der Waals surface area contributed by atoms with Crippen molar-refractivity contribution in [2.75, 3.05) is 18.1 Å². The first kappa shape index (κ1) is 18.3. The topological polar surface area (TPSA) is 111 Å². The standard InChI is InChI=1S/C19H18N2O6S/c1-11(22)15-7-17-18(27-10-26-17)8-16(15)21-28(24,25)14-4-2-12(3-5-14)13-6-19(23)20-9-13/h2-5,7-8,13,21H,6,9-10H2,1H3,(H,20,23)/t13-/m0/s1. The van der Waals surface area contributed by atoms with E-state index in [2.05, 4.69) is 10.0 Å². The van der Waals surface area contributed by atoms with Crippen LogP contribution in [-0.4, -0.2) is 33.4 Å². The molecule has 9 heteroatoms. The lowest BCUT2D eigenvalue weighted by atomic mass is 9.99. The molecule has 1 saturated heterocycles. The third-order valence-corrected chi connectivity index (χ3v) is 6.16. The van der Waals surface area contributed by atoms with Gasteiger partial charge < -0.3 is 14.8 Å². The second-order valence-electron chi connectivity index (χ2n) is 6.69. The smallest absolute Gasteiger partial charge is 0.261 e. The predicted molar refractivity (Wildman–Crippen MR) is 100 cm³/mol. The molecule has 2 N–H and O–H groups in total. The second-order valence-corrected chi connectivity index (χ2v) is 8.37. The Morgan fingerprint density at radius 1 is 1.14 bits per heavy atom. The Morgan fingerprint density at radius 3 is 2.43 bits per heavy atom. The molecule has 2 aliphatic heterocycles. The van der Waals surface area contributed by atoms with Crippen molar-refractivity contribution < 1.29 is 27.5 Å². The maximum atomic E-state index is 12.8. The van der Waals surface area contributed by atoms with Crippen LogP contribution >= 0.6 is 0 Å². The fourth-order valence-corrected chi connectivity index (χ4v) is 4.35. The van der Waals surface area contributed by atoms with Crippen LogP contribution in [0.25, 0.3) is 0 Å². The highest BCUT2D eigenvalue weighted by Crippen LogP contribution is 2.38. The molecule has 0 unspecified atom stereocenters. The van der Waals surface area contributed by atoms with Crippen LogP contribution in [0.4, 0.5) is 5.69 Å². The van der Waals surface area contributed by atoms with E-state index in [-0.39, 0.29) is 40.5 Å². The van der Waals surface area contributed by atoms with Crippen molar-refractivity contribution in [1.29, 1.82) is 0 Å². The van der Waals surface area contributed by atoms with Crippen LogP contribution in [-0.2, 0) is 14.8 Å². The van der Waals surface area contributed by atoms with Gasteiger partial charge in [-0.25, -0.2) is 8.42 Å². The number of anilines is 1. The van der Waals surface area contributed by atoms with Crippen LogP contribution in [0, 0.1) is 0 Å². The van der Waals surface area contributed by atoms with E-state index in [1.807, 2.05) is 0 Å². The molecule has 0 bridgehead atoms. The third-order valence-electron chi connectivity index (χ3n) is 4.78. The Labute approximate surface area is 161 Å². The molecule has 0 aromatic heterocycles. The van der Waals surface area contributed by atoms with Crippen molar-refractivity contribution in [3.63, 3.8) is 0 Å². The van der Waals surface area contributed by atoms with E-state index in [1.54, 1.807) is 12.1 Å². The summed E-state index contributed by atoms with van der Waals surface area (Å²) < 4.78 is 38.6. The van der Waals surface area contributed by atoms with Crippen LogP contribution in [0.2, 0.25) is 0 Å². The number of fused-ring (bicyclic) bond motifs is 1. The summed E-state index contributed by atoms with van der Waals surface area (Å²) >= 11 is 0. The first-order valence-electron chi connectivity index (χ1n) is 8.67. The molecule has 1 atom stereocenters. The first-order valence-corrected chi connectivity index (χ1v) is 10.2. The van der Waals surface area contributed by atoms with Gasteiger partial charge in [-0.05, 0) is 30.7 Å². The van der Waals surface area contributed by atoms with Gasteiger partial charge in [0.1, 0.15) is 0 Å². The predicted octanol–water partition coefficient (Wildman–Crippen LogP) is 2.02. The van der Waals surface area contributed by atoms with Gasteiger partial charge in [0, 0.05) is 30.5 Å². The minimum atomic E-state index is -3.92. The van der Waals surface area contributed by atoms with Gasteiger partial charge in [-0.3, -0.25) is 14.3 Å². The number of ether oxygens (including phenoxy) is 2. The van der Waals surface area contributed by atoms with Crippen molar-refractivity contribution in [3.8, 4) is 11.5 Å². The zero-order valence-corrected chi connectivity index (χ0v) is 15.8.